The van der Waals surface area contributed by atoms with Crippen molar-refractivity contribution in [3.8, 4) is 5.75 Å². The van der Waals surface area contributed by atoms with Crippen molar-refractivity contribution in [2.75, 3.05) is 7.05 Å². The van der Waals surface area contributed by atoms with Crippen molar-refractivity contribution in [1.29, 1.82) is 0 Å². The molecule has 0 atom stereocenters. The summed E-state index contributed by atoms with van der Waals surface area (Å²) in [6.45, 7) is 1.08. The average molecular weight is 403 g/mol. The third kappa shape index (κ3) is 4.30. The Morgan fingerprint density at radius 2 is 1.95 bits per heavy atom. The van der Waals surface area contributed by atoms with Gasteiger partial charge in [-0.3, -0.25) is 0 Å². The van der Waals surface area contributed by atoms with Gasteiger partial charge in [-0.2, -0.15) is 0 Å². The van der Waals surface area contributed by atoms with Crippen LogP contribution in [0.15, 0.2) is 45.3 Å². The van der Waals surface area contributed by atoms with Crippen molar-refractivity contribution in [2.24, 2.45) is 0 Å². The van der Waals surface area contributed by atoms with Crippen LogP contribution >= 0.6 is 31.9 Å². The summed E-state index contributed by atoms with van der Waals surface area (Å²) in [6.07, 6.45) is 0. The van der Waals surface area contributed by atoms with Gasteiger partial charge in [0.05, 0.1) is 0 Å². The summed E-state index contributed by atoms with van der Waals surface area (Å²) in [5, 5.41) is 3.10. The van der Waals surface area contributed by atoms with E-state index in [0.29, 0.717) is 11.1 Å². The molecular weight excluding hydrogens is 389 g/mol. The predicted octanol–water partition coefficient (Wildman–Crippen LogP) is 4.65. The van der Waals surface area contributed by atoms with Gasteiger partial charge in [0.25, 0.3) is 0 Å². The highest BCUT2D eigenvalue weighted by Gasteiger charge is 2.04. The van der Waals surface area contributed by atoms with E-state index in [1.807, 2.05) is 31.3 Å². The molecule has 20 heavy (non-hydrogen) atoms. The standard InChI is InChI=1S/C15H14Br2FNO/c1-19-8-11-6-14(2-3-15(11)17)20-9-10-4-12(16)7-13(18)5-10/h2-7,19H,8-9H2,1H3. The van der Waals surface area contributed by atoms with Crippen molar-refractivity contribution >= 4 is 31.9 Å². The van der Waals surface area contributed by atoms with Gasteiger partial charge in [-0.1, -0.05) is 31.9 Å². The van der Waals surface area contributed by atoms with Crippen LogP contribution in [-0.2, 0) is 13.2 Å². The molecule has 0 radical (unpaired) electrons. The summed E-state index contributed by atoms with van der Waals surface area (Å²) in [7, 11) is 1.89. The number of nitrogens with one attached hydrogen (secondary N) is 1. The molecule has 0 spiro atoms. The van der Waals surface area contributed by atoms with Crippen LogP contribution in [0.25, 0.3) is 0 Å². The number of benzene rings is 2. The maximum atomic E-state index is 13.3. The van der Waals surface area contributed by atoms with Crippen LogP contribution < -0.4 is 10.1 Å². The first kappa shape index (κ1) is 15.5. The van der Waals surface area contributed by atoms with E-state index >= 15 is 0 Å². The van der Waals surface area contributed by atoms with E-state index in [-0.39, 0.29) is 5.82 Å². The van der Waals surface area contributed by atoms with Gasteiger partial charge in [-0.05, 0) is 54.6 Å². The molecule has 2 aromatic rings. The fraction of sp³-hybridized carbons (Fsp3) is 0.200. The zero-order chi connectivity index (χ0) is 14.5. The van der Waals surface area contributed by atoms with Gasteiger partial charge in [0.2, 0.25) is 0 Å². The van der Waals surface area contributed by atoms with Crippen LogP contribution in [0.2, 0.25) is 0 Å². The van der Waals surface area contributed by atoms with Gasteiger partial charge < -0.3 is 10.1 Å². The van der Waals surface area contributed by atoms with Crippen molar-refractivity contribution < 1.29 is 9.13 Å². The molecule has 0 fully saturated rings. The second-order valence-corrected chi connectivity index (χ2v) is 6.12. The Kier molecular flexibility index (Phi) is 5.57. The maximum absolute atomic E-state index is 13.3. The lowest BCUT2D eigenvalue weighted by Gasteiger charge is -2.10. The molecule has 0 bridgehead atoms. The lowest BCUT2D eigenvalue weighted by atomic mass is 10.2. The zero-order valence-electron chi connectivity index (χ0n) is 10.9. The second-order valence-electron chi connectivity index (χ2n) is 4.35. The minimum Gasteiger partial charge on any atom is -0.489 e. The van der Waals surface area contributed by atoms with Gasteiger partial charge in [-0.15, -0.1) is 0 Å². The Hall–Kier alpha value is -0.910. The molecule has 1 N–H and O–H groups in total. The Morgan fingerprint density at radius 1 is 1.15 bits per heavy atom. The van der Waals surface area contributed by atoms with Crippen LogP contribution in [-0.4, -0.2) is 7.05 Å². The Bertz CT molecular complexity index is 584. The monoisotopic (exact) mass is 401 g/mol. The number of rotatable bonds is 5. The molecule has 0 aliphatic heterocycles. The fourth-order valence-corrected chi connectivity index (χ4v) is 2.73. The molecule has 0 saturated carbocycles. The van der Waals surface area contributed by atoms with E-state index < -0.39 is 0 Å². The van der Waals surface area contributed by atoms with Crippen LogP contribution in [0.4, 0.5) is 4.39 Å². The van der Waals surface area contributed by atoms with E-state index in [0.717, 1.165) is 27.9 Å². The van der Waals surface area contributed by atoms with Gasteiger partial charge >= 0.3 is 0 Å². The van der Waals surface area contributed by atoms with E-state index in [1.165, 1.54) is 12.1 Å². The molecule has 0 saturated heterocycles. The van der Waals surface area contributed by atoms with Crippen LogP contribution in [0.5, 0.6) is 5.75 Å². The van der Waals surface area contributed by atoms with Crippen molar-refractivity contribution in [3.05, 3.63) is 62.3 Å². The summed E-state index contributed by atoms with van der Waals surface area (Å²) in [4.78, 5) is 0. The molecule has 106 valence electrons. The van der Waals surface area contributed by atoms with E-state index in [2.05, 4.69) is 37.2 Å². The first-order chi connectivity index (χ1) is 9.58. The van der Waals surface area contributed by atoms with Crippen molar-refractivity contribution in [3.63, 3.8) is 0 Å². The molecule has 0 aliphatic carbocycles. The minimum atomic E-state index is -0.273. The van der Waals surface area contributed by atoms with Crippen molar-refractivity contribution in [2.45, 2.75) is 13.2 Å². The minimum absolute atomic E-state index is 0.273. The number of hydrogen-bond donors (Lipinski definition) is 1. The Morgan fingerprint density at radius 3 is 2.65 bits per heavy atom. The molecule has 2 nitrogen and oxygen atoms in total. The topological polar surface area (TPSA) is 21.3 Å². The Labute approximate surface area is 134 Å². The fourth-order valence-electron chi connectivity index (χ4n) is 1.83. The van der Waals surface area contributed by atoms with Gasteiger partial charge in [-0.25, -0.2) is 4.39 Å². The van der Waals surface area contributed by atoms with Gasteiger partial charge in [0.15, 0.2) is 0 Å². The lowest BCUT2D eigenvalue weighted by molar-refractivity contribution is 0.305. The summed E-state index contributed by atoms with van der Waals surface area (Å²) >= 11 is 6.77. The number of hydrogen-bond acceptors (Lipinski definition) is 2. The SMILES string of the molecule is CNCc1cc(OCc2cc(F)cc(Br)c2)ccc1Br. The Balaban J connectivity index is 2.08. The first-order valence-electron chi connectivity index (χ1n) is 6.09. The first-order valence-corrected chi connectivity index (χ1v) is 7.68. The zero-order valence-corrected chi connectivity index (χ0v) is 14.1. The summed E-state index contributed by atoms with van der Waals surface area (Å²) in [5.74, 6) is 0.489. The maximum Gasteiger partial charge on any atom is 0.124 e. The quantitative estimate of drug-likeness (QED) is 0.785. The lowest BCUT2D eigenvalue weighted by Crippen LogP contribution is -2.06. The molecular formula is C15H14Br2FNO. The molecule has 0 aliphatic rings. The number of ether oxygens (including phenoxy) is 1. The van der Waals surface area contributed by atoms with Gasteiger partial charge in [0.1, 0.15) is 18.2 Å². The molecule has 2 rings (SSSR count). The molecule has 0 heterocycles. The summed E-state index contributed by atoms with van der Waals surface area (Å²) in [6, 6.07) is 10.5. The highest BCUT2D eigenvalue weighted by Crippen LogP contribution is 2.24. The number of halogens is 3. The molecule has 2 aromatic carbocycles. The smallest absolute Gasteiger partial charge is 0.124 e. The van der Waals surface area contributed by atoms with Crippen LogP contribution in [0.1, 0.15) is 11.1 Å². The van der Waals surface area contributed by atoms with E-state index in [9.17, 15) is 4.39 Å². The summed E-state index contributed by atoms with van der Waals surface area (Å²) in [5.41, 5.74) is 1.90. The summed E-state index contributed by atoms with van der Waals surface area (Å²) < 4.78 is 20.7. The normalized spacial score (nSPS) is 10.6. The highest BCUT2D eigenvalue weighted by atomic mass is 79.9. The van der Waals surface area contributed by atoms with Crippen LogP contribution in [0.3, 0.4) is 0 Å². The molecule has 0 unspecified atom stereocenters. The van der Waals surface area contributed by atoms with Crippen LogP contribution in [0, 0.1) is 5.82 Å². The third-order valence-electron chi connectivity index (χ3n) is 2.71. The predicted molar refractivity (Wildman–Crippen MR) is 85.3 cm³/mol. The molecule has 0 aromatic heterocycles. The van der Waals surface area contributed by atoms with E-state index in [1.54, 1.807) is 0 Å². The van der Waals surface area contributed by atoms with Gasteiger partial charge in [0, 0.05) is 15.5 Å². The third-order valence-corrected chi connectivity index (χ3v) is 3.94. The average Bonchev–Trinajstić information content (AvgIpc) is 2.39. The molecule has 0 amide bonds. The highest BCUT2D eigenvalue weighted by molar-refractivity contribution is 9.10. The largest absolute Gasteiger partial charge is 0.489 e. The van der Waals surface area contributed by atoms with Crippen molar-refractivity contribution in [1.82, 2.24) is 5.32 Å². The second kappa shape index (κ2) is 7.20. The van der Waals surface area contributed by atoms with E-state index in [4.69, 9.17) is 4.74 Å². The molecule has 5 heteroatoms.